The molecule has 0 saturated heterocycles. The van der Waals surface area contributed by atoms with E-state index < -0.39 is 11.9 Å². The van der Waals surface area contributed by atoms with Crippen molar-refractivity contribution in [2.75, 3.05) is 5.73 Å². The molecule has 2 heterocycles. The fourth-order valence-electron chi connectivity index (χ4n) is 1.51. The number of nitrogens with zero attached hydrogens (tertiary/aromatic N) is 3. The van der Waals surface area contributed by atoms with Gasteiger partial charge in [0.2, 0.25) is 0 Å². The van der Waals surface area contributed by atoms with Crippen LogP contribution >= 0.6 is 0 Å². The molecule has 0 aliphatic rings. The first-order chi connectivity index (χ1) is 7.89. The Kier molecular flexibility index (Phi) is 2.53. The third-order valence-corrected chi connectivity index (χ3v) is 2.29. The third kappa shape index (κ3) is 2.08. The second-order valence-corrected chi connectivity index (χ2v) is 3.50. The maximum Gasteiger partial charge on any atom is 0.433 e. The highest BCUT2D eigenvalue weighted by atomic mass is 19.4. The molecule has 0 bridgehead atoms. The normalized spacial score (nSPS) is 11.8. The zero-order valence-corrected chi connectivity index (χ0v) is 8.86. The van der Waals surface area contributed by atoms with Gasteiger partial charge < -0.3 is 5.73 Å². The van der Waals surface area contributed by atoms with Crippen molar-refractivity contribution in [3.05, 3.63) is 30.2 Å². The Morgan fingerprint density at radius 2 is 1.94 bits per heavy atom. The first-order valence-electron chi connectivity index (χ1n) is 4.70. The lowest BCUT2D eigenvalue weighted by molar-refractivity contribution is -0.141. The van der Waals surface area contributed by atoms with Crippen molar-refractivity contribution >= 4 is 5.69 Å². The van der Waals surface area contributed by atoms with Gasteiger partial charge in [-0.25, -0.2) is 0 Å². The minimum absolute atomic E-state index is 0.397. The summed E-state index contributed by atoms with van der Waals surface area (Å²) in [6.07, 6.45) is -1.86. The summed E-state index contributed by atoms with van der Waals surface area (Å²) in [4.78, 5) is 3.37. The van der Waals surface area contributed by atoms with E-state index in [4.69, 9.17) is 5.73 Å². The van der Waals surface area contributed by atoms with E-state index >= 15 is 0 Å². The highest BCUT2D eigenvalue weighted by molar-refractivity contribution is 5.71. The lowest BCUT2D eigenvalue weighted by atomic mass is 10.2. The van der Waals surface area contributed by atoms with Gasteiger partial charge in [-0.15, -0.1) is 0 Å². The minimum atomic E-state index is -4.43. The van der Waals surface area contributed by atoms with Crippen LogP contribution < -0.4 is 5.73 Å². The molecule has 7 heteroatoms. The van der Waals surface area contributed by atoms with Crippen molar-refractivity contribution in [2.45, 2.75) is 6.18 Å². The molecule has 0 aliphatic heterocycles. The smallest absolute Gasteiger partial charge is 0.396 e. The van der Waals surface area contributed by atoms with E-state index in [1.807, 2.05) is 0 Å². The molecular formula is C10H9F3N4. The Morgan fingerprint density at radius 3 is 2.35 bits per heavy atom. The van der Waals surface area contributed by atoms with Gasteiger partial charge in [0.15, 0.2) is 0 Å². The molecule has 0 aromatic carbocycles. The molecule has 2 aromatic rings. The number of hydrogen-bond acceptors (Lipinski definition) is 3. The van der Waals surface area contributed by atoms with Gasteiger partial charge in [-0.1, -0.05) is 0 Å². The number of aromatic nitrogens is 3. The van der Waals surface area contributed by atoms with Crippen molar-refractivity contribution in [3.63, 3.8) is 0 Å². The Labute approximate surface area is 94.9 Å². The number of alkyl halides is 3. The van der Waals surface area contributed by atoms with Crippen LogP contribution in [0.15, 0.2) is 24.5 Å². The topological polar surface area (TPSA) is 56.7 Å². The standard InChI is InChI=1S/C10H9F3N4/c1-17-9(7(14)5-16-17)6-2-3-8(15-4-6)10(11,12)13/h2-5H,14H2,1H3. The highest BCUT2D eigenvalue weighted by Gasteiger charge is 2.32. The van der Waals surface area contributed by atoms with Crippen LogP contribution in [0.1, 0.15) is 5.69 Å². The summed E-state index contributed by atoms with van der Waals surface area (Å²) in [5.74, 6) is 0. The average Bonchev–Trinajstić information content (AvgIpc) is 2.58. The van der Waals surface area contributed by atoms with Gasteiger partial charge in [0.25, 0.3) is 0 Å². The number of nitrogens with two attached hydrogens (primary N) is 1. The molecule has 0 saturated carbocycles. The Hall–Kier alpha value is -2.05. The fourth-order valence-corrected chi connectivity index (χ4v) is 1.51. The Morgan fingerprint density at radius 1 is 1.24 bits per heavy atom. The fraction of sp³-hybridized carbons (Fsp3) is 0.200. The van der Waals surface area contributed by atoms with E-state index in [0.29, 0.717) is 16.9 Å². The van der Waals surface area contributed by atoms with E-state index in [1.54, 1.807) is 7.05 Å². The van der Waals surface area contributed by atoms with Crippen LogP contribution in [0.4, 0.5) is 18.9 Å². The average molecular weight is 242 g/mol. The lowest BCUT2D eigenvalue weighted by Crippen LogP contribution is -2.07. The Balaban J connectivity index is 2.43. The van der Waals surface area contributed by atoms with E-state index in [0.717, 1.165) is 12.3 Å². The second kappa shape index (κ2) is 3.76. The summed E-state index contributed by atoms with van der Waals surface area (Å²) in [5.41, 5.74) is 6.18. The maximum atomic E-state index is 12.3. The summed E-state index contributed by atoms with van der Waals surface area (Å²) in [6, 6.07) is 2.24. The monoisotopic (exact) mass is 242 g/mol. The molecule has 0 spiro atoms. The van der Waals surface area contributed by atoms with Crippen LogP contribution in [0.25, 0.3) is 11.3 Å². The van der Waals surface area contributed by atoms with Crippen molar-refractivity contribution < 1.29 is 13.2 Å². The minimum Gasteiger partial charge on any atom is -0.396 e. The number of halogens is 3. The molecule has 0 aliphatic carbocycles. The largest absolute Gasteiger partial charge is 0.433 e. The van der Waals surface area contributed by atoms with Crippen molar-refractivity contribution in [2.24, 2.45) is 7.05 Å². The van der Waals surface area contributed by atoms with Gasteiger partial charge in [0, 0.05) is 18.8 Å². The summed E-state index contributed by atoms with van der Waals surface area (Å²) in [5, 5.41) is 3.91. The number of hydrogen-bond donors (Lipinski definition) is 1. The molecule has 90 valence electrons. The Bertz CT molecular complexity index is 508. The molecule has 0 radical (unpaired) electrons. The highest BCUT2D eigenvalue weighted by Crippen LogP contribution is 2.30. The van der Waals surface area contributed by atoms with Crippen LogP contribution in [0.2, 0.25) is 0 Å². The van der Waals surface area contributed by atoms with E-state index in [1.165, 1.54) is 16.9 Å². The quantitative estimate of drug-likeness (QED) is 0.832. The van der Waals surface area contributed by atoms with Gasteiger partial charge in [-0.3, -0.25) is 9.67 Å². The summed E-state index contributed by atoms with van der Waals surface area (Å²) >= 11 is 0. The first kappa shape index (κ1) is 11.4. The van der Waals surface area contributed by atoms with Crippen LogP contribution in [0, 0.1) is 0 Å². The van der Waals surface area contributed by atoms with E-state index in [9.17, 15) is 13.2 Å². The van der Waals surface area contributed by atoms with Gasteiger partial charge in [0.05, 0.1) is 17.6 Å². The molecule has 2 N–H and O–H groups in total. The van der Waals surface area contributed by atoms with Crippen molar-refractivity contribution in [1.29, 1.82) is 0 Å². The van der Waals surface area contributed by atoms with Crippen molar-refractivity contribution in [1.82, 2.24) is 14.8 Å². The number of rotatable bonds is 1. The van der Waals surface area contributed by atoms with Crippen LogP contribution in [-0.2, 0) is 13.2 Å². The molecule has 0 fully saturated rings. The predicted octanol–water partition coefficient (Wildman–Crippen LogP) is 2.08. The molecule has 2 aromatic heterocycles. The summed E-state index contributed by atoms with van der Waals surface area (Å²) in [6.45, 7) is 0. The predicted molar refractivity (Wildman–Crippen MR) is 55.9 cm³/mol. The van der Waals surface area contributed by atoms with Crippen LogP contribution in [-0.4, -0.2) is 14.8 Å². The molecule has 0 unspecified atom stereocenters. The van der Waals surface area contributed by atoms with Crippen LogP contribution in [0.5, 0.6) is 0 Å². The molecule has 17 heavy (non-hydrogen) atoms. The van der Waals surface area contributed by atoms with Crippen molar-refractivity contribution in [3.8, 4) is 11.3 Å². The first-order valence-corrected chi connectivity index (χ1v) is 4.70. The van der Waals surface area contributed by atoms with Crippen LogP contribution in [0.3, 0.4) is 0 Å². The second-order valence-electron chi connectivity index (χ2n) is 3.50. The van der Waals surface area contributed by atoms with Gasteiger partial charge >= 0.3 is 6.18 Å². The zero-order chi connectivity index (χ0) is 12.6. The maximum absolute atomic E-state index is 12.3. The summed E-state index contributed by atoms with van der Waals surface area (Å²) < 4.78 is 38.4. The lowest BCUT2D eigenvalue weighted by Gasteiger charge is -2.07. The van der Waals surface area contributed by atoms with Gasteiger partial charge in [0.1, 0.15) is 5.69 Å². The molecule has 0 atom stereocenters. The van der Waals surface area contributed by atoms with Gasteiger partial charge in [-0.05, 0) is 12.1 Å². The number of anilines is 1. The van der Waals surface area contributed by atoms with Gasteiger partial charge in [-0.2, -0.15) is 18.3 Å². The molecule has 4 nitrogen and oxygen atoms in total. The molecule has 0 amide bonds. The summed E-state index contributed by atoms with van der Waals surface area (Å²) in [7, 11) is 1.66. The van der Waals surface area contributed by atoms with E-state index in [-0.39, 0.29) is 0 Å². The third-order valence-electron chi connectivity index (χ3n) is 2.29. The molecular weight excluding hydrogens is 233 g/mol. The molecule has 2 rings (SSSR count). The number of nitrogen functional groups attached to an aromatic ring is 1. The number of aryl methyl sites for hydroxylation is 1. The van der Waals surface area contributed by atoms with E-state index in [2.05, 4.69) is 10.1 Å². The number of pyridine rings is 1. The SMILES string of the molecule is Cn1ncc(N)c1-c1ccc(C(F)(F)F)nc1. The zero-order valence-electron chi connectivity index (χ0n) is 8.86.